The summed E-state index contributed by atoms with van der Waals surface area (Å²) < 4.78 is 0. The summed E-state index contributed by atoms with van der Waals surface area (Å²) in [5.74, 6) is 0.623. The van der Waals surface area contributed by atoms with Gasteiger partial charge in [-0.1, -0.05) is 57.0 Å². The number of thiazole rings is 1. The first-order chi connectivity index (χ1) is 8.33. The molecule has 1 aromatic heterocycles. The van der Waals surface area contributed by atoms with E-state index < -0.39 is 0 Å². The van der Waals surface area contributed by atoms with Crippen LogP contribution in [0.5, 0.6) is 0 Å². The zero-order valence-electron chi connectivity index (χ0n) is 10.5. The Labute approximate surface area is 108 Å². The van der Waals surface area contributed by atoms with Crippen LogP contribution in [0.1, 0.15) is 43.9 Å². The predicted molar refractivity (Wildman–Crippen MR) is 75.5 cm³/mol. The summed E-state index contributed by atoms with van der Waals surface area (Å²) in [6.45, 7) is 4.56. The normalized spacial score (nSPS) is 12.6. The van der Waals surface area contributed by atoms with Gasteiger partial charge >= 0.3 is 0 Å². The fraction of sp³-hybridized carbons (Fsp3) is 0.400. The van der Waals surface area contributed by atoms with E-state index >= 15 is 0 Å². The molecule has 0 saturated heterocycles. The molecule has 0 N–H and O–H groups in total. The van der Waals surface area contributed by atoms with Crippen LogP contribution in [-0.2, 0) is 0 Å². The van der Waals surface area contributed by atoms with Crippen molar-refractivity contribution in [2.24, 2.45) is 0 Å². The number of aromatic nitrogens is 1. The molecule has 0 amide bonds. The van der Waals surface area contributed by atoms with Crippen molar-refractivity contribution in [3.8, 4) is 11.3 Å². The molecular formula is C15H19NS. The van der Waals surface area contributed by atoms with Gasteiger partial charge in [0.15, 0.2) is 0 Å². The van der Waals surface area contributed by atoms with Crippen molar-refractivity contribution in [3.63, 3.8) is 0 Å². The van der Waals surface area contributed by atoms with E-state index in [1.165, 1.54) is 35.4 Å². The molecule has 0 radical (unpaired) electrons. The minimum Gasteiger partial charge on any atom is -0.244 e. The van der Waals surface area contributed by atoms with Crippen LogP contribution in [0.25, 0.3) is 11.3 Å². The fourth-order valence-electron chi connectivity index (χ4n) is 2.06. The minimum absolute atomic E-state index is 0.623. The molecule has 0 saturated carbocycles. The van der Waals surface area contributed by atoms with Gasteiger partial charge in [-0.2, -0.15) is 0 Å². The SMILES string of the molecule is CCCCC(C)c1scnc1-c1ccccc1. The lowest BCUT2D eigenvalue weighted by Gasteiger charge is -2.10. The Morgan fingerprint density at radius 1 is 1.24 bits per heavy atom. The van der Waals surface area contributed by atoms with Gasteiger partial charge in [-0.15, -0.1) is 11.3 Å². The van der Waals surface area contributed by atoms with E-state index in [1.54, 1.807) is 11.3 Å². The molecule has 1 heterocycles. The van der Waals surface area contributed by atoms with Gasteiger partial charge in [0.25, 0.3) is 0 Å². The molecule has 0 spiro atoms. The van der Waals surface area contributed by atoms with Gasteiger partial charge in [-0.3, -0.25) is 0 Å². The minimum atomic E-state index is 0.623. The van der Waals surface area contributed by atoms with Crippen LogP contribution in [-0.4, -0.2) is 4.98 Å². The van der Waals surface area contributed by atoms with E-state index in [4.69, 9.17) is 0 Å². The standard InChI is InChI=1S/C15H19NS/c1-3-4-8-12(2)15-14(16-11-17-15)13-9-6-5-7-10-13/h5-7,9-12H,3-4,8H2,1-2H3. The van der Waals surface area contributed by atoms with Crippen LogP contribution in [0.3, 0.4) is 0 Å². The first-order valence-electron chi connectivity index (χ1n) is 6.31. The molecule has 90 valence electrons. The van der Waals surface area contributed by atoms with E-state index in [0.717, 1.165) is 0 Å². The zero-order valence-corrected chi connectivity index (χ0v) is 11.3. The van der Waals surface area contributed by atoms with Gasteiger partial charge in [-0.05, 0) is 12.3 Å². The van der Waals surface area contributed by atoms with Crippen molar-refractivity contribution in [3.05, 3.63) is 40.7 Å². The quantitative estimate of drug-likeness (QED) is 0.713. The molecule has 0 bridgehead atoms. The Bertz CT molecular complexity index is 447. The average molecular weight is 245 g/mol. The first-order valence-corrected chi connectivity index (χ1v) is 7.19. The van der Waals surface area contributed by atoms with Gasteiger partial charge in [0.05, 0.1) is 11.2 Å². The maximum Gasteiger partial charge on any atom is 0.0845 e. The van der Waals surface area contributed by atoms with Crippen molar-refractivity contribution >= 4 is 11.3 Å². The summed E-state index contributed by atoms with van der Waals surface area (Å²) in [7, 11) is 0. The van der Waals surface area contributed by atoms with E-state index in [9.17, 15) is 0 Å². The number of benzene rings is 1. The monoisotopic (exact) mass is 245 g/mol. The van der Waals surface area contributed by atoms with Crippen molar-refractivity contribution in [1.82, 2.24) is 4.98 Å². The predicted octanol–water partition coefficient (Wildman–Crippen LogP) is 5.10. The van der Waals surface area contributed by atoms with Gasteiger partial charge in [0, 0.05) is 10.4 Å². The molecule has 0 fully saturated rings. The van der Waals surface area contributed by atoms with Crippen molar-refractivity contribution < 1.29 is 0 Å². The lowest BCUT2D eigenvalue weighted by molar-refractivity contribution is 0.632. The van der Waals surface area contributed by atoms with Crippen molar-refractivity contribution in [2.75, 3.05) is 0 Å². The zero-order chi connectivity index (χ0) is 12.1. The number of nitrogens with zero attached hydrogens (tertiary/aromatic N) is 1. The van der Waals surface area contributed by atoms with Gasteiger partial charge in [0.1, 0.15) is 0 Å². The molecule has 1 unspecified atom stereocenters. The molecule has 1 nitrogen and oxygen atoms in total. The van der Waals surface area contributed by atoms with Crippen LogP contribution in [0.15, 0.2) is 35.8 Å². The Balaban J connectivity index is 2.23. The summed E-state index contributed by atoms with van der Waals surface area (Å²) in [5.41, 5.74) is 4.39. The Kier molecular flexibility index (Phi) is 4.32. The third kappa shape index (κ3) is 2.95. The Morgan fingerprint density at radius 2 is 2.00 bits per heavy atom. The smallest absolute Gasteiger partial charge is 0.0845 e. The second-order valence-electron chi connectivity index (χ2n) is 4.47. The van der Waals surface area contributed by atoms with Crippen LogP contribution in [0, 0.1) is 0 Å². The highest BCUT2D eigenvalue weighted by Crippen LogP contribution is 2.33. The molecule has 0 aliphatic rings. The van der Waals surface area contributed by atoms with Crippen LogP contribution in [0.2, 0.25) is 0 Å². The number of hydrogen-bond donors (Lipinski definition) is 0. The maximum absolute atomic E-state index is 4.53. The van der Waals surface area contributed by atoms with E-state index in [2.05, 4.69) is 49.2 Å². The summed E-state index contributed by atoms with van der Waals surface area (Å²) in [4.78, 5) is 5.97. The maximum atomic E-state index is 4.53. The molecule has 1 atom stereocenters. The number of unbranched alkanes of at least 4 members (excludes halogenated alkanes) is 1. The highest BCUT2D eigenvalue weighted by Gasteiger charge is 2.14. The first kappa shape index (κ1) is 12.3. The van der Waals surface area contributed by atoms with E-state index in [0.29, 0.717) is 5.92 Å². The fourth-order valence-corrected chi connectivity index (χ4v) is 2.96. The second-order valence-corrected chi connectivity index (χ2v) is 5.36. The van der Waals surface area contributed by atoms with Crippen LogP contribution in [0.4, 0.5) is 0 Å². The highest BCUT2D eigenvalue weighted by molar-refractivity contribution is 7.10. The summed E-state index contributed by atoms with van der Waals surface area (Å²) >= 11 is 1.79. The van der Waals surface area contributed by atoms with E-state index in [1.807, 2.05) is 5.51 Å². The van der Waals surface area contributed by atoms with E-state index in [-0.39, 0.29) is 0 Å². The molecule has 0 aliphatic heterocycles. The topological polar surface area (TPSA) is 12.9 Å². The molecular weight excluding hydrogens is 226 g/mol. The second kappa shape index (κ2) is 5.97. The van der Waals surface area contributed by atoms with Crippen LogP contribution >= 0.6 is 11.3 Å². The lowest BCUT2D eigenvalue weighted by atomic mass is 9.99. The molecule has 1 aromatic carbocycles. The summed E-state index contributed by atoms with van der Waals surface area (Å²) in [6, 6.07) is 10.5. The summed E-state index contributed by atoms with van der Waals surface area (Å²) in [5, 5.41) is 0. The summed E-state index contributed by atoms with van der Waals surface area (Å²) in [6.07, 6.45) is 3.83. The van der Waals surface area contributed by atoms with Crippen molar-refractivity contribution in [2.45, 2.75) is 39.0 Å². The molecule has 2 aromatic rings. The highest BCUT2D eigenvalue weighted by atomic mass is 32.1. The third-order valence-corrected chi connectivity index (χ3v) is 4.14. The molecule has 2 heteroatoms. The van der Waals surface area contributed by atoms with Crippen molar-refractivity contribution in [1.29, 1.82) is 0 Å². The molecule has 0 aliphatic carbocycles. The molecule has 2 rings (SSSR count). The number of hydrogen-bond acceptors (Lipinski definition) is 2. The van der Waals surface area contributed by atoms with Gasteiger partial charge < -0.3 is 0 Å². The third-order valence-electron chi connectivity index (χ3n) is 3.08. The lowest BCUT2D eigenvalue weighted by Crippen LogP contribution is -1.93. The Hall–Kier alpha value is -1.15. The average Bonchev–Trinajstić information content (AvgIpc) is 2.86. The molecule has 17 heavy (non-hydrogen) atoms. The Morgan fingerprint density at radius 3 is 2.71 bits per heavy atom. The number of rotatable bonds is 5. The van der Waals surface area contributed by atoms with Crippen LogP contribution < -0.4 is 0 Å². The van der Waals surface area contributed by atoms with Gasteiger partial charge in [-0.25, -0.2) is 4.98 Å². The largest absolute Gasteiger partial charge is 0.244 e. The van der Waals surface area contributed by atoms with Gasteiger partial charge in [0.2, 0.25) is 0 Å².